The summed E-state index contributed by atoms with van der Waals surface area (Å²) in [6.45, 7) is 0. The Morgan fingerprint density at radius 3 is 0.833 bits per heavy atom. The molecule has 0 aliphatic carbocycles. The average molecular weight is 378 g/mol. The molecule has 0 aliphatic rings. The van der Waals surface area contributed by atoms with Crippen LogP contribution in [0.5, 0.6) is 0 Å². The normalized spacial score (nSPS) is 2.00. The van der Waals surface area contributed by atoms with Crippen molar-refractivity contribution in [2.75, 3.05) is 0 Å². The Morgan fingerprint density at radius 2 is 0.833 bits per heavy atom. The van der Waals surface area contributed by atoms with Crippen molar-refractivity contribution in [2.24, 2.45) is 0 Å². The van der Waals surface area contributed by atoms with E-state index in [0.29, 0.717) is 0 Å². The van der Waals surface area contributed by atoms with E-state index in [2.05, 4.69) is 14.2 Å². The molecular weight excluding hydrogens is 373 g/mol. The van der Waals surface area contributed by atoms with Crippen LogP contribution in [0.25, 0.3) is 0 Å². The van der Waals surface area contributed by atoms with Crippen molar-refractivity contribution in [3.8, 4) is 0 Å². The molecule has 0 aromatic carbocycles. The Kier molecular flexibility index (Phi) is 153. The maximum atomic E-state index is 3.10. The van der Waals surface area contributed by atoms with Gasteiger partial charge in [0, 0.05) is 19.5 Å². The predicted octanol–water partition coefficient (Wildman–Crippen LogP) is -0.00440. The van der Waals surface area contributed by atoms with Crippen LogP contribution in [0.4, 0.5) is 0 Å². The largest absolute Gasteiger partial charge is 0 e. The van der Waals surface area contributed by atoms with Gasteiger partial charge in [0.1, 0.15) is 0 Å². The number of hydrogen-bond donors (Lipinski definition) is 0. The summed E-state index contributed by atoms with van der Waals surface area (Å²) >= 11 is 2.36. The summed E-state index contributed by atoms with van der Waals surface area (Å²) in [6, 6.07) is 0. The van der Waals surface area contributed by atoms with E-state index < -0.39 is 0 Å². The first-order valence-corrected chi connectivity index (χ1v) is 11.0. The minimum absolute atomic E-state index is 0. The van der Waals surface area contributed by atoms with Gasteiger partial charge in [-0.2, -0.15) is 0 Å². The minimum atomic E-state index is 0. The molecule has 24 valence electrons. The van der Waals surface area contributed by atoms with Gasteiger partial charge in [-0.05, 0) is 0 Å². The van der Waals surface area contributed by atoms with Crippen LogP contribution in [0.1, 0.15) is 0 Å². The third-order valence-corrected chi connectivity index (χ3v) is 0. The molecule has 6 heteroatoms. The van der Waals surface area contributed by atoms with Crippen molar-refractivity contribution < 1.29 is 54.1 Å². The summed E-state index contributed by atoms with van der Waals surface area (Å²) in [5.74, 6) is 0. The fourth-order valence-electron chi connectivity index (χ4n) is 0. The quantitative estimate of drug-likeness (QED) is 0.411. The van der Waals surface area contributed by atoms with Gasteiger partial charge in [-0.3, -0.25) is 0 Å². The molecule has 0 aromatic rings. The monoisotopic (exact) mass is 374 g/mol. The van der Waals surface area contributed by atoms with Gasteiger partial charge in [0.2, 0.25) is 0 Å². The molecule has 0 radical (unpaired) electrons. The van der Waals surface area contributed by atoms with Crippen LogP contribution < -0.4 is 0 Å². The van der Waals surface area contributed by atoms with Crippen molar-refractivity contribution >= 4 is 40.1 Å². The maximum absolute atomic E-state index is 3.10. The first-order valence-electron chi connectivity index (χ1n) is 0.707. The van der Waals surface area contributed by atoms with E-state index >= 15 is 0 Å². The molecule has 0 spiro atoms. The molecule has 0 saturated heterocycles. The van der Waals surface area contributed by atoms with Crippen LogP contribution >= 0.6 is 14.2 Å². The van der Waals surface area contributed by atoms with Crippen molar-refractivity contribution in [1.29, 1.82) is 0 Å². The smallest absolute Gasteiger partial charge is 0 e. The molecule has 0 unspecified atom stereocenters. The molecule has 0 heterocycles. The topological polar surface area (TPSA) is 0 Å². The van der Waals surface area contributed by atoms with Crippen LogP contribution in [-0.2, 0) is 54.1 Å². The first-order chi connectivity index (χ1) is 2.00. The van der Waals surface area contributed by atoms with Crippen LogP contribution in [0.2, 0.25) is 0 Å². The molecule has 0 aromatic heterocycles. The summed E-state index contributed by atoms with van der Waals surface area (Å²) in [7, 11) is 6.19. The molecular formula is H5InP2Zn3. The zero-order valence-corrected chi connectivity index (χ0v) is 14.0. The Balaban J connectivity index is -0.00000000500. The fourth-order valence-corrected chi connectivity index (χ4v) is 0. The fraction of sp³-hybridized carbons (Fsp3) is 0. The molecule has 0 bridgehead atoms. The van der Waals surface area contributed by atoms with E-state index in [1.165, 1.54) is 34.7 Å². The van der Waals surface area contributed by atoms with E-state index in [0.717, 1.165) is 0 Å². The Morgan fingerprint density at radius 1 is 0.833 bits per heavy atom. The van der Waals surface area contributed by atoms with Crippen molar-refractivity contribution in [1.82, 2.24) is 0 Å². The van der Waals surface area contributed by atoms with Crippen molar-refractivity contribution in [2.45, 2.75) is 0 Å². The van der Waals surface area contributed by atoms with Gasteiger partial charge in [0.25, 0.3) is 0 Å². The Hall–Kier alpha value is 3.34. The molecule has 0 N–H and O–H groups in total. The zero-order valence-electron chi connectivity index (χ0n) is 3.12. The van der Waals surface area contributed by atoms with Crippen LogP contribution in [0.3, 0.4) is 0 Å². The summed E-state index contributed by atoms with van der Waals surface area (Å²) in [4.78, 5) is 0. The summed E-state index contributed by atoms with van der Waals surface area (Å²) in [5, 5.41) is 0. The third kappa shape index (κ3) is 26.4. The van der Waals surface area contributed by atoms with Crippen LogP contribution in [-0.4, -0.2) is 25.8 Å². The molecule has 0 atom stereocenters. The molecule has 0 nitrogen and oxygen atoms in total. The van der Waals surface area contributed by atoms with Gasteiger partial charge in [0.15, 0.2) is 0 Å². The zero-order chi connectivity index (χ0) is 4.00. The van der Waals surface area contributed by atoms with Gasteiger partial charge in [-0.15, -0.1) is 0 Å². The van der Waals surface area contributed by atoms with Crippen LogP contribution in [0, 0.1) is 0 Å². The van der Waals surface area contributed by atoms with E-state index in [-0.39, 0.29) is 45.3 Å². The molecule has 0 saturated carbocycles. The predicted molar refractivity (Wildman–Crippen MR) is 26.6 cm³/mol. The summed E-state index contributed by atoms with van der Waals surface area (Å²) in [6.07, 6.45) is 0. The summed E-state index contributed by atoms with van der Waals surface area (Å²) < 4.78 is 0. The third-order valence-electron chi connectivity index (χ3n) is 0. The first kappa shape index (κ1) is 22.8. The van der Waals surface area contributed by atoms with E-state index in [9.17, 15) is 0 Å². The standard InChI is InChI=1S/In.2HP.3Zn.3H/h;2*1H;;;;;;. The molecule has 0 rings (SSSR count). The van der Waals surface area contributed by atoms with Crippen molar-refractivity contribution in [3.63, 3.8) is 0 Å². The second-order valence-corrected chi connectivity index (χ2v) is 0. The molecule has 6 heavy (non-hydrogen) atoms. The average Bonchev–Trinajstić information content (AvgIpc) is 1.50. The second kappa shape index (κ2) is 40.3. The number of hydrogen-bond acceptors (Lipinski definition) is 0. The van der Waals surface area contributed by atoms with Gasteiger partial charge in [-0.1, -0.05) is 0 Å². The van der Waals surface area contributed by atoms with E-state index in [1.54, 1.807) is 0 Å². The molecule has 0 aliphatic heterocycles. The SMILES string of the molecule is [InH3].[PH]=[Zn].[PH]=[Zn].[Zn]. The van der Waals surface area contributed by atoms with E-state index in [4.69, 9.17) is 0 Å². The molecule has 0 amide bonds. The van der Waals surface area contributed by atoms with Gasteiger partial charge >= 0.3 is 74.7 Å². The second-order valence-electron chi connectivity index (χ2n) is 0. The Bertz CT molecular complexity index is 10.8. The van der Waals surface area contributed by atoms with Gasteiger partial charge in [-0.25, -0.2) is 0 Å². The summed E-state index contributed by atoms with van der Waals surface area (Å²) in [5.41, 5.74) is 0. The minimum Gasteiger partial charge on any atom is 0 e. The van der Waals surface area contributed by atoms with Gasteiger partial charge < -0.3 is 0 Å². The Labute approximate surface area is 92.6 Å². The van der Waals surface area contributed by atoms with E-state index in [1.807, 2.05) is 0 Å². The molecule has 0 fully saturated rings. The maximum Gasteiger partial charge on any atom is 0 e. The number of rotatable bonds is 0. The van der Waals surface area contributed by atoms with Crippen molar-refractivity contribution in [3.05, 3.63) is 0 Å². The van der Waals surface area contributed by atoms with Crippen LogP contribution in [0.15, 0.2) is 0 Å². The van der Waals surface area contributed by atoms with Gasteiger partial charge in [0.05, 0.1) is 0 Å².